The number of carbonyl (C=O) groups is 3. The minimum absolute atomic E-state index is 0.143. The molecule has 0 saturated heterocycles. The second-order valence-electron chi connectivity index (χ2n) is 6.09. The maximum absolute atomic E-state index is 12.0. The van der Waals surface area contributed by atoms with E-state index in [9.17, 15) is 14.4 Å². The van der Waals surface area contributed by atoms with Crippen molar-refractivity contribution in [1.82, 2.24) is 10.9 Å². The lowest BCUT2D eigenvalue weighted by molar-refractivity contribution is -0.123. The minimum Gasteiger partial charge on any atom is -0.494 e. The SMILES string of the molecule is CCOc1ccc(C(=O)NNC(=O)COc2ccc(CCC(C)=O)cc2)cc1. The third-order valence-corrected chi connectivity index (χ3v) is 3.80. The van der Waals surface area contributed by atoms with Crippen LogP contribution in [0, 0.1) is 0 Å². The quantitative estimate of drug-likeness (QED) is 0.648. The topological polar surface area (TPSA) is 93.7 Å². The third kappa shape index (κ3) is 7.11. The first-order valence-corrected chi connectivity index (χ1v) is 9.01. The van der Waals surface area contributed by atoms with Crippen LogP contribution >= 0.6 is 0 Å². The summed E-state index contributed by atoms with van der Waals surface area (Å²) in [6.45, 7) is 3.74. The Morgan fingerprint density at radius 1 is 0.857 bits per heavy atom. The van der Waals surface area contributed by atoms with Crippen molar-refractivity contribution in [1.29, 1.82) is 0 Å². The largest absolute Gasteiger partial charge is 0.494 e. The average molecular weight is 384 g/mol. The minimum atomic E-state index is -0.486. The number of rotatable bonds is 9. The molecule has 0 bridgehead atoms. The number of Topliss-reactive ketones (excluding diaryl/α,β-unsaturated/α-hetero) is 1. The summed E-state index contributed by atoms with van der Waals surface area (Å²) < 4.78 is 10.7. The molecule has 0 radical (unpaired) electrons. The number of ether oxygens (including phenoxy) is 2. The number of ketones is 1. The molecule has 2 amide bonds. The van der Waals surface area contributed by atoms with Crippen LogP contribution in [0.2, 0.25) is 0 Å². The van der Waals surface area contributed by atoms with Crippen molar-refractivity contribution in [2.75, 3.05) is 13.2 Å². The van der Waals surface area contributed by atoms with Crippen LogP contribution in [-0.2, 0) is 16.0 Å². The van der Waals surface area contributed by atoms with Crippen LogP contribution in [0.1, 0.15) is 36.2 Å². The molecule has 0 unspecified atom stereocenters. The summed E-state index contributed by atoms with van der Waals surface area (Å²) in [6.07, 6.45) is 1.17. The van der Waals surface area contributed by atoms with Crippen molar-refractivity contribution in [3.8, 4) is 11.5 Å². The molecule has 2 rings (SSSR count). The van der Waals surface area contributed by atoms with Crippen molar-refractivity contribution in [2.24, 2.45) is 0 Å². The highest BCUT2D eigenvalue weighted by Gasteiger charge is 2.08. The number of benzene rings is 2. The lowest BCUT2D eigenvalue weighted by atomic mass is 10.1. The number of hydrogen-bond acceptors (Lipinski definition) is 5. The second-order valence-corrected chi connectivity index (χ2v) is 6.09. The van der Waals surface area contributed by atoms with E-state index in [-0.39, 0.29) is 12.4 Å². The van der Waals surface area contributed by atoms with E-state index < -0.39 is 11.8 Å². The summed E-state index contributed by atoms with van der Waals surface area (Å²) in [4.78, 5) is 34.8. The fourth-order valence-corrected chi connectivity index (χ4v) is 2.33. The van der Waals surface area contributed by atoms with Crippen LogP contribution < -0.4 is 20.3 Å². The van der Waals surface area contributed by atoms with E-state index in [4.69, 9.17) is 9.47 Å². The van der Waals surface area contributed by atoms with Crippen molar-refractivity contribution in [2.45, 2.75) is 26.7 Å². The van der Waals surface area contributed by atoms with Crippen molar-refractivity contribution >= 4 is 17.6 Å². The molecule has 0 atom stereocenters. The van der Waals surface area contributed by atoms with Gasteiger partial charge in [0.25, 0.3) is 11.8 Å². The molecule has 28 heavy (non-hydrogen) atoms. The molecule has 0 spiro atoms. The van der Waals surface area contributed by atoms with Crippen LogP contribution in [0.3, 0.4) is 0 Å². The summed E-state index contributed by atoms with van der Waals surface area (Å²) >= 11 is 0. The Labute approximate surface area is 164 Å². The zero-order valence-corrected chi connectivity index (χ0v) is 16.0. The molecule has 0 aliphatic carbocycles. The Balaban J connectivity index is 1.73. The number of carbonyl (C=O) groups excluding carboxylic acids is 3. The number of nitrogens with one attached hydrogen (secondary N) is 2. The van der Waals surface area contributed by atoms with Crippen molar-refractivity contribution < 1.29 is 23.9 Å². The molecule has 0 fully saturated rings. The number of aryl methyl sites for hydroxylation is 1. The molecule has 0 aliphatic heterocycles. The lowest BCUT2D eigenvalue weighted by Crippen LogP contribution is -2.43. The van der Waals surface area contributed by atoms with E-state index in [0.29, 0.717) is 36.5 Å². The molecule has 2 aromatic rings. The lowest BCUT2D eigenvalue weighted by Gasteiger charge is -2.10. The highest BCUT2D eigenvalue weighted by Crippen LogP contribution is 2.14. The van der Waals surface area contributed by atoms with E-state index in [0.717, 1.165) is 5.56 Å². The molecule has 7 heteroatoms. The van der Waals surface area contributed by atoms with Gasteiger partial charge in [0.05, 0.1) is 6.61 Å². The molecule has 2 aromatic carbocycles. The van der Waals surface area contributed by atoms with Gasteiger partial charge in [-0.3, -0.25) is 20.4 Å². The normalized spacial score (nSPS) is 10.1. The highest BCUT2D eigenvalue weighted by molar-refractivity contribution is 5.95. The maximum Gasteiger partial charge on any atom is 0.276 e. The van der Waals surface area contributed by atoms with Gasteiger partial charge in [0.15, 0.2) is 6.61 Å². The van der Waals surface area contributed by atoms with Gasteiger partial charge in [-0.15, -0.1) is 0 Å². The van der Waals surface area contributed by atoms with Gasteiger partial charge in [0.1, 0.15) is 17.3 Å². The first-order chi connectivity index (χ1) is 13.5. The van der Waals surface area contributed by atoms with Gasteiger partial charge in [-0.25, -0.2) is 0 Å². The molecular formula is C21H24N2O5. The molecule has 148 valence electrons. The molecular weight excluding hydrogens is 360 g/mol. The van der Waals surface area contributed by atoms with Crippen LogP contribution in [0.15, 0.2) is 48.5 Å². The number of amides is 2. The highest BCUT2D eigenvalue weighted by atomic mass is 16.5. The van der Waals surface area contributed by atoms with Gasteiger partial charge in [0.2, 0.25) is 0 Å². The monoisotopic (exact) mass is 384 g/mol. The number of hydrazine groups is 1. The first kappa shape index (κ1) is 21.0. The summed E-state index contributed by atoms with van der Waals surface area (Å²) in [7, 11) is 0. The van der Waals surface area contributed by atoms with Crippen LogP contribution in [0.4, 0.5) is 0 Å². The summed E-state index contributed by atoms with van der Waals surface area (Å²) in [6, 6.07) is 13.8. The fraction of sp³-hybridized carbons (Fsp3) is 0.286. The maximum atomic E-state index is 12.0. The van der Waals surface area contributed by atoms with Crippen LogP contribution in [0.25, 0.3) is 0 Å². The second kappa shape index (κ2) is 10.7. The molecule has 0 saturated carbocycles. The van der Waals surface area contributed by atoms with Gasteiger partial charge >= 0.3 is 0 Å². The molecule has 7 nitrogen and oxygen atoms in total. The Morgan fingerprint density at radius 3 is 2.07 bits per heavy atom. The Kier molecular flexibility index (Phi) is 8.02. The Morgan fingerprint density at radius 2 is 1.46 bits per heavy atom. The van der Waals surface area contributed by atoms with Gasteiger partial charge in [-0.05, 0) is 62.2 Å². The van der Waals surface area contributed by atoms with Gasteiger partial charge < -0.3 is 14.3 Å². The smallest absolute Gasteiger partial charge is 0.276 e. The van der Waals surface area contributed by atoms with Gasteiger partial charge in [-0.1, -0.05) is 12.1 Å². The molecule has 0 aromatic heterocycles. The van der Waals surface area contributed by atoms with Gasteiger partial charge in [0, 0.05) is 12.0 Å². The van der Waals surface area contributed by atoms with E-state index >= 15 is 0 Å². The Bertz CT molecular complexity index is 801. The standard InChI is InChI=1S/C21H24N2O5/c1-3-27-18-12-8-17(9-13-18)21(26)23-22-20(25)14-28-19-10-6-16(7-11-19)5-4-15(2)24/h6-13H,3-5,14H2,1-2H3,(H,22,25)(H,23,26). The molecule has 0 heterocycles. The predicted molar refractivity (Wildman–Crippen MR) is 104 cm³/mol. The number of hydrogen-bond donors (Lipinski definition) is 2. The van der Waals surface area contributed by atoms with E-state index in [1.54, 1.807) is 43.3 Å². The zero-order chi connectivity index (χ0) is 20.4. The summed E-state index contributed by atoms with van der Waals surface area (Å²) in [5.41, 5.74) is 6.05. The molecule has 2 N–H and O–H groups in total. The molecule has 0 aliphatic rings. The van der Waals surface area contributed by atoms with E-state index in [2.05, 4.69) is 10.9 Å². The first-order valence-electron chi connectivity index (χ1n) is 9.01. The zero-order valence-electron chi connectivity index (χ0n) is 16.0. The average Bonchev–Trinajstić information content (AvgIpc) is 2.70. The van der Waals surface area contributed by atoms with Crippen LogP contribution in [-0.4, -0.2) is 30.8 Å². The van der Waals surface area contributed by atoms with Gasteiger partial charge in [-0.2, -0.15) is 0 Å². The predicted octanol–water partition coefficient (Wildman–Crippen LogP) is 2.45. The Hall–Kier alpha value is -3.35. The van der Waals surface area contributed by atoms with Crippen molar-refractivity contribution in [3.05, 3.63) is 59.7 Å². The van der Waals surface area contributed by atoms with Crippen LogP contribution in [0.5, 0.6) is 11.5 Å². The van der Waals surface area contributed by atoms with E-state index in [1.165, 1.54) is 0 Å². The fourth-order valence-electron chi connectivity index (χ4n) is 2.33. The summed E-state index contributed by atoms with van der Waals surface area (Å²) in [5.74, 6) is 0.416. The van der Waals surface area contributed by atoms with Crippen molar-refractivity contribution in [3.63, 3.8) is 0 Å². The van der Waals surface area contributed by atoms with E-state index in [1.807, 2.05) is 19.1 Å². The third-order valence-electron chi connectivity index (χ3n) is 3.80. The summed E-state index contributed by atoms with van der Waals surface area (Å²) in [5, 5.41) is 0.